The Bertz CT molecular complexity index is 149. The maximum atomic E-state index is 10.6. The molecule has 0 aromatic rings. The fourth-order valence-corrected chi connectivity index (χ4v) is 0.548. The van der Waals surface area contributed by atoms with Gasteiger partial charge in [-0.05, 0) is 0 Å². The van der Waals surface area contributed by atoms with Crippen molar-refractivity contribution in [2.75, 3.05) is 12.4 Å². The Morgan fingerprint density at radius 3 is 2.45 bits per heavy atom. The van der Waals surface area contributed by atoms with E-state index in [1.807, 2.05) is 0 Å². The first-order valence-corrected chi connectivity index (χ1v) is 3.85. The first-order valence-electron chi connectivity index (χ1n) is 3.21. The third kappa shape index (κ3) is 7.18. The van der Waals surface area contributed by atoms with Crippen molar-refractivity contribution in [1.29, 1.82) is 0 Å². The van der Waals surface area contributed by atoms with Gasteiger partial charge in [0.05, 0.1) is 6.42 Å². The second-order valence-corrected chi connectivity index (χ2v) is 2.36. The number of thiol groups is 1. The van der Waals surface area contributed by atoms with Crippen LogP contribution in [0.4, 0.5) is 0 Å². The quantitative estimate of drug-likeness (QED) is 0.448. The van der Waals surface area contributed by atoms with Crippen LogP contribution >= 0.6 is 12.6 Å². The molecule has 0 aromatic carbocycles. The van der Waals surface area contributed by atoms with Crippen LogP contribution in [0.15, 0.2) is 0 Å². The third-order valence-corrected chi connectivity index (χ3v) is 1.11. The minimum absolute atomic E-state index is 0.0470. The molecule has 0 radical (unpaired) electrons. The standard InChI is InChI=1S/C6H11NO3S/c7-5(8)1-2-6(9)10-3-4-11/h11H,1-4H2,(H2,7,8). The maximum absolute atomic E-state index is 10.6. The maximum Gasteiger partial charge on any atom is 0.306 e. The van der Waals surface area contributed by atoms with Crippen LogP contribution < -0.4 is 5.73 Å². The number of rotatable bonds is 5. The molecule has 0 atom stereocenters. The Hall–Kier alpha value is -0.710. The lowest BCUT2D eigenvalue weighted by Crippen LogP contribution is -2.14. The second-order valence-electron chi connectivity index (χ2n) is 1.91. The Morgan fingerprint density at radius 2 is 2.00 bits per heavy atom. The lowest BCUT2D eigenvalue weighted by atomic mass is 10.3. The average molecular weight is 177 g/mol. The molecular weight excluding hydrogens is 166 g/mol. The summed E-state index contributed by atoms with van der Waals surface area (Å²) in [6.45, 7) is 0.278. The summed E-state index contributed by atoms with van der Waals surface area (Å²) in [7, 11) is 0. The minimum Gasteiger partial charge on any atom is -0.465 e. The number of carbonyl (C=O) groups excluding carboxylic acids is 2. The topological polar surface area (TPSA) is 69.4 Å². The lowest BCUT2D eigenvalue weighted by Gasteiger charge is -1.99. The molecule has 11 heavy (non-hydrogen) atoms. The fourth-order valence-electron chi connectivity index (χ4n) is 0.457. The molecule has 0 aromatic heterocycles. The van der Waals surface area contributed by atoms with Crippen LogP contribution in [-0.2, 0) is 14.3 Å². The van der Waals surface area contributed by atoms with Crippen molar-refractivity contribution in [2.24, 2.45) is 5.73 Å². The largest absolute Gasteiger partial charge is 0.465 e. The van der Waals surface area contributed by atoms with Crippen LogP contribution in [-0.4, -0.2) is 24.2 Å². The summed E-state index contributed by atoms with van der Waals surface area (Å²) in [5, 5.41) is 0. The van der Waals surface area contributed by atoms with E-state index in [0.29, 0.717) is 5.75 Å². The van der Waals surface area contributed by atoms with E-state index >= 15 is 0 Å². The van der Waals surface area contributed by atoms with Crippen LogP contribution in [0, 0.1) is 0 Å². The van der Waals surface area contributed by atoms with Crippen LogP contribution in [0.5, 0.6) is 0 Å². The number of hydrogen-bond acceptors (Lipinski definition) is 4. The number of hydrogen-bond donors (Lipinski definition) is 2. The highest BCUT2D eigenvalue weighted by atomic mass is 32.1. The number of carbonyl (C=O) groups is 2. The monoisotopic (exact) mass is 177 g/mol. The predicted octanol–water partition coefficient (Wildman–Crippen LogP) is -0.275. The molecule has 0 fully saturated rings. The number of primary amides is 1. The van der Waals surface area contributed by atoms with E-state index in [4.69, 9.17) is 5.73 Å². The summed E-state index contributed by atoms with van der Waals surface area (Å²) in [5.41, 5.74) is 4.81. The molecule has 1 amide bonds. The van der Waals surface area contributed by atoms with Crippen molar-refractivity contribution < 1.29 is 14.3 Å². The Morgan fingerprint density at radius 1 is 1.36 bits per heavy atom. The van der Waals surface area contributed by atoms with Gasteiger partial charge < -0.3 is 10.5 Å². The summed E-state index contributed by atoms with van der Waals surface area (Å²) >= 11 is 3.84. The van der Waals surface area contributed by atoms with Gasteiger partial charge in [-0.1, -0.05) is 0 Å². The average Bonchev–Trinajstić information content (AvgIpc) is 1.97. The molecule has 2 N–H and O–H groups in total. The second kappa shape index (κ2) is 6.03. The zero-order chi connectivity index (χ0) is 8.69. The van der Waals surface area contributed by atoms with Gasteiger partial charge in [0.2, 0.25) is 5.91 Å². The first kappa shape index (κ1) is 10.3. The van der Waals surface area contributed by atoms with E-state index in [1.165, 1.54) is 0 Å². The van der Waals surface area contributed by atoms with E-state index in [9.17, 15) is 9.59 Å². The molecule has 0 rings (SSSR count). The number of esters is 1. The highest BCUT2D eigenvalue weighted by Gasteiger charge is 2.03. The molecule has 0 unspecified atom stereocenters. The molecular formula is C6H11NO3S. The minimum atomic E-state index is -0.493. The van der Waals surface area contributed by atoms with Gasteiger partial charge in [0.1, 0.15) is 6.61 Å². The molecule has 0 heterocycles. The van der Waals surface area contributed by atoms with Crippen molar-refractivity contribution in [3.63, 3.8) is 0 Å². The highest BCUT2D eigenvalue weighted by Crippen LogP contribution is 1.91. The summed E-state index contributed by atoms with van der Waals surface area (Å²) < 4.78 is 4.62. The van der Waals surface area contributed by atoms with Gasteiger partial charge in [0.25, 0.3) is 0 Å². The van der Waals surface area contributed by atoms with Gasteiger partial charge >= 0.3 is 5.97 Å². The van der Waals surface area contributed by atoms with Crippen LogP contribution in [0.25, 0.3) is 0 Å². The van der Waals surface area contributed by atoms with Crippen molar-refractivity contribution in [2.45, 2.75) is 12.8 Å². The predicted molar refractivity (Wildman–Crippen MR) is 43.2 cm³/mol. The van der Waals surface area contributed by atoms with Crippen molar-refractivity contribution in [3.05, 3.63) is 0 Å². The summed E-state index contributed by atoms with van der Waals surface area (Å²) in [5.74, 6) is -0.409. The Labute approximate surface area is 70.5 Å². The summed E-state index contributed by atoms with van der Waals surface area (Å²) in [6, 6.07) is 0. The number of ether oxygens (including phenoxy) is 1. The van der Waals surface area contributed by atoms with Gasteiger partial charge in [-0.15, -0.1) is 0 Å². The summed E-state index contributed by atoms with van der Waals surface area (Å²) in [6.07, 6.45) is 0.106. The van der Waals surface area contributed by atoms with Crippen molar-refractivity contribution >= 4 is 24.5 Å². The molecule has 0 aliphatic heterocycles. The lowest BCUT2D eigenvalue weighted by molar-refractivity contribution is -0.144. The molecule has 0 saturated heterocycles. The molecule has 0 aliphatic carbocycles. The first-order chi connectivity index (χ1) is 5.16. The molecule has 64 valence electrons. The molecule has 0 saturated carbocycles. The van der Waals surface area contributed by atoms with Gasteiger partial charge in [-0.2, -0.15) is 12.6 Å². The molecule has 4 nitrogen and oxygen atoms in total. The Kier molecular flexibility index (Phi) is 5.64. The third-order valence-electron chi connectivity index (χ3n) is 0.930. The SMILES string of the molecule is NC(=O)CCC(=O)OCCS. The van der Waals surface area contributed by atoms with E-state index in [1.54, 1.807) is 0 Å². The highest BCUT2D eigenvalue weighted by molar-refractivity contribution is 7.80. The smallest absolute Gasteiger partial charge is 0.306 e. The zero-order valence-corrected chi connectivity index (χ0v) is 6.97. The molecule has 0 bridgehead atoms. The van der Waals surface area contributed by atoms with E-state index in [-0.39, 0.29) is 19.4 Å². The van der Waals surface area contributed by atoms with Gasteiger partial charge in [0.15, 0.2) is 0 Å². The van der Waals surface area contributed by atoms with E-state index in [0.717, 1.165) is 0 Å². The molecule has 0 spiro atoms. The number of nitrogens with two attached hydrogens (primary N) is 1. The number of amides is 1. The van der Waals surface area contributed by atoms with E-state index in [2.05, 4.69) is 17.4 Å². The van der Waals surface area contributed by atoms with Crippen LogP contribution in [0.2, 0.25) is 0 Å². The Balaban J connectivity index is 3.30. The zero-order valence-electron chi connectivity index (χ0n) is 6.08. The van der Waals surface area contributed by atoms with Gasteiger partial charge in [0, 0.05) is 12.2 Å². The van der Waals surface area contributed by atoms with Gasteiger partial charge in [-0.25, -0.2) is 0 Å². The fraction of sp³-hybridized carbons (Fsp3) is 0.667. The van der Waals surface area contributed by atoms with E-state index < -0.39 is 11.9 Å². The van der Waals surface area contributed by atoms with Crippen molar-refractivity contribution in [3.8, 4) is 0 Å². The summed E-state index contributed by atoms with van der Waals surface area (Å²) in [4.78, 5) is 20.8. The normalized spacial score (nSPS) is 9.18. The molecule has 0 aliphatic rings. The van der Waals surface area contributed by atoms with Crippen LogP contribution in [0.3, 0.4) is 0 Å². The van der Waals surface area contributed by atoms with Gasteiger partial charge in [-0.3, -0.25) is 9.59 Å². The van der Waals surface area contributed by atoms with Crippen LogP contribution in [0.1, 0.15) is 12.8 Å². The molecule has 5 heteroatoms. The van der Waals surface area contributed by atoms with Crippen molar-refractivity contribution in [1.82, 2.24) is 0 Å².